The molecule has 0 bridgehead atoms. The Kier molecular flexibility index (Phi) is 3.70. The number of nitrogens with one attached hydrogen (secondary N) is 1. The maximum absolute atomic E-state index is 12.0. The van der Waals surface area contributed by atoms with E-state index in [0.717, 1.165) is 13.1 Å². The lowest BCUT2D eigenvalue weighted by Crippen LogP contribution is -2.54. The molecule has 2 saturated heterocycles. The Bertz CT molecular complexity index is 396. The molecule has 7 heteroatoms. The summed E-state index contributed by atoms with van der Waals surface area (Å²) in [7, 11) is -3.17. The molecule has 1 atom stereocenters. The van der Waals surface area contributed by atoms with E-state index in [1.807, 2.05) is 6.92 Å². The van der Waals surface area contributed by atoms with Gasteiger partial charge in [-0.2, -0.15) is 4.31 Å². The third-order valence-electron chi connectivity index (χ3n) is 3.34. The molecule has 0 spiro atoms. The van der Waals surface area contributed by atoms with Crippen molar-refractivity contribution in [3.63, 3.8) is 0 Å². The van der Waals surface area contributed by atoms with E-state index in [9.17, 15) is 13.2 Å². The lowest BCUT2D eigenvalue weighted by Gasteiger charge is -2.34. The first kappa shape index (κ1) is 12.8. The highest BCUT2D eigenvalue weighted by molar-refractivity contribution is 7.89. The summed E-state index contributed by atoms with van der Waals surface area (Å²) in [4.78, 5) is 13.8. The fourth-order valence-corrected chi connectivity index (χ4v) is 3.79. The van der Waals surface area contributed by atoms with Crippen LogP contribution in [-0.2, 0) is 14.8 Å². The summed E-state index contributed by atoms with van der Waals surface area (Å²) >= 11 is 0. The Hall–Kier alpha value is -0.660. The van der Waals surface area contributed by atoms with Gasteiger partial charge in [-0.3, -0.25) is 4.79 Å². The van der Waals surface area contributed by atoms with Gasteiger partial charge in [0.15, 0.2) is 0 Å². The van der Waals surface area contributed by atoms with Crippen LogP contribution < -0.4 is 5.32 Å². The normalized spacial score (nSPS) is 29.5. The van der Waals surface area contributed by atoms with Crippen LogP contribution in [0.5, 0.6) is 0 Å². The fraction of sp³-hybridized carbons (Fsp3) is 0.900. The van der Waals surface area contributed by atoms with Crippen molar-refractivity contribution in [2.75, 3.05) is 38.5 Å². The zero-order valence-corrected chi connectivity index (χ0v) is 10.9. The first-order valence-electron chi connectivity index (χ1n) is 5.99. The van der Waals surface area contributed by atoms with Gasteiger partial charge in [0.2, 0.25) is 15.9 Å². The van der Waals surface area contributed by atoms with Crippen molar-refractivity contribution >= 4 is 15.9 Å². The molecule has 0 radical (unpaired) electrons. The van der Waals surface area contributed by atoms with E-state index >= 15 is 0 Å². The average Bonchev–Trinajstić information content (AvgIpc) is 2.59. The quantitative estimate of drug-likeness (QED) is 0.681. The van der Waals surface area contributed by atoms with Crippen LogP contribution in [0.4, 0.5) is 0 Å². The number of hydrogen-bond acceptors (Lipinski definition) is 4. The minimum Gasteiger partial charge on any atom is -0.336 e. The molecule has 2 fully saturated rings. The molecular weight excluding hydrogens is 242 g/mol. The Morgan fingerprint density at radius 1 is 1.41 bits per heavy atom. The van der Waals surface area contributed by atoms with Gasteiger partial charge >= 0.3 is 0 Å². The molecule has 2 aliphatic heterocycles. The molecule has 2 rings (SSSR count). The van der Waals surface area contributed by atoms with Crippen molar-refractivity contribution < 1.29 is 13.2 Å². The van der Waals surface area contributed by atoms with Gasteiger partial charge in [0.1, 0.15) is 0 Å². The molecule has 0 aliphatic carbocycles. The number of rotatable bonds is 2. The number of sulfonamides is 1. The highest BCUT2D eigenvalue weighted by Gasteiger charge is 2.32. The molecule has 2 aliphatic rings. The summed E-state index contributed by atoms with van der Waals surface area (Å²) in [6, 6.07) is 0.140. The number of hydrogen-bond donors (Lipinski definition) is 1. The largest absolute Gasteiger partial charge is 0.336 e. The fourth-order valence-electron chi connectivity index (χ4n) is 2.32. The highest BCUT2D eigenvalue weighted by Crippen LogP contribution is 2.14. The zero-order valence-electron chi connectivity index (χ0n) is 10.1. The van der Waals surface area contributed by atoms with E-state index < -0.39 is 10.0 Å². The third-order valence-corrected chi connectivity index (χ3v) is 5.24. The molecule has 0 aromatic rings. The van der Waals surface area contributed by atoms with E-state index in [1.54, 1.807) is 4.90 Å². The summed E-state index contributed by atoms with van der Waals surface area (Å²) < 4.78 is 24.5. The maximum Gasteiger partial charge on any atom is 0.238 e. The summed E-state index contributed by atoms with van der Waals surface area (Å²) in [6.07, 6.45) is 0.632. The smallest absolute Gasteiger partial charge is 0.238 e. The van der Waals surface area contributed by atoms with Crippen LogP contribution in [-0.4, -0.2) is 68.0 Å². The van der Waals surface area contributed by atoms with Crippen LogP contribution >= 0.6 is 0 Å². The van der Waals surface area contributed by atoms with Crippen molar-refractivity contribution in [3.8, 4) is 0 Å². The predicted molar refractivity (Wildman–Crippen MR) is 64.0 cm³/mol. The molecule has 17 heavy (non-hydrogen) atoms. The van der Waals surface area contributed by atoms with E-state index in [0.29, 0.717) is 19.5 Å². The maximum atomic E-state index is 12.0. The number of piperazine rings is 1. The zero-order chi connectivity index (χ0) is 12.5. The molecule has 0 aromatic carbocycles. The van der Waals surface area contributed by atoms with Crippen LogP contribution in [0.1, 0.15) is 13.3 Å². The van der Waals surface area contributed by atoms with E-state index in [-0.39, 0.29) is 24.2 Å². The van der Waals surface area contributed by atoms with Crippen molar-refractivity contribution in [3.05, 3.63) is 0 Å². The Morgan fingerprint density at radius 3 is 2.76 bits per heavy atom. The predicted octanol–water partition coefficient (Wildman–Crippen LogP) is -1.16. The molecule has 0 aromatic heterocycles. The molecule has 98 valence electrons. The summed E-state index contributed by atoms with van der Waals surface area (Å²) in [6.45, 7) is 4.68. The second-order valence-corrected chi connectivity index (χ2v) is 6.73. The van der Waals surface area contributed by atoms with Gasteiger partial charge in [0.25, 0.3) is 0 Å². The van der Waals surface area contributed by atoms with Gasteiger partial charge in [-0.05, 0) is 13.3 Å². The van der Waals surface area contributed by atoms with Crippen molar-refractivity contribution in [2.24, 2.45) is 0 Å². The van der Waals surface area contributed by atoms with E-state index in [4.69, 9.17) is 0 Å². The molecule has 0 saturated carbocycles. The second-order valence-electron chi connectivity index (χ2n) is 4.64. The number of carbonyl (C=O) groups excluding carboxylic acids is 1. The van der Waals surface area contributed by atoms with Crippen LogP contribution in [0.25, 0.3) is 0 Å². The SMILES string of the molecule is CC1CNCCN1C(=O)CN1CCCS1(=O)=O. The van der Waals surface area contributed by atoms with Gasteiger partial charge in [-0.25, -0.2) is 8.42 Å². The number of amides is 1. The lowest BCUT2D eigenvalue weighted by molar-refractivity contribution is -0.134. The van der Waals surface area contributed by atoms with Gasteiger partial charge in [0.05, 0.1) is 12.3 Å². The summed E-state index contributed by atoms with van der Waals surface area (Å²) in [5, 5.41) is 3.20. The Morgan fingerprint density at radius 2 is 2.18 bits per heavy atom. The highest BCUT2D eigenvalue weighted by atomic mass is 32.2. The molecule has 2 heterocycles. The van der Waals surface area contributed by atoms with Crippen molar-refractivity contribution in [1.29, 1.82) is 0 Å². The Labute approximate surface area is 102 Å². The van der Waals surface area contributed by atoms with Crippen LogP contribution in [0, 0.1) is 0 Å². The van der Waals surface area contributed by atoms with Crippen molar-refractivity contribution in [2.45, 2.75) is 19.4 Å². The van der Waals surface area contributed by atoms with Gasteiger partial charge < -0.3 is 10.2 Å². The average molecular weight is 261 g/mol. The first-order valence-corrected chi connectivity index (χ1v) is 7.59. The van der Waals surface area contributed by atoms with Gasteiger partial charge in [-0.15, -0.1) is 0 Å². The van der Waals surface area contributed by atoms with Crippen LogP contribution in [0.15, 0.2) is 0 Å². The third kappa shape index (κ3) is 2.78. The topological polar surface area (TPSA) is 69.7 Å². The van der Waals surface area contributed by atoms with Gasteiger partial charge in [-0.1, -0.05) is 0 Å². The number of nitrogens with zero attached hydrogens (tertiary/aromatic N) is 2. The second kappa shape index (κ2) is 4.91. The van der Waals surface area contributed by atoms with E-state index in [1.165, 1.54) is 4.31 Å². The molecule has 1 amide bonds. The Balaban J connectivity index is 1.97. The molecular formula is C10H19N3O3S. The van der Waals surface area contributed by atoms with Crippen LogP contribution in [0.2, 0.25) is 0 Å². The summed E-state index contributed by atoms with van der Waals surface area (Å²) in [5.74, 6) is 0.0988. The van der Waals surface area contributed by atoms with Crippen LogP contribution in [0.3, 0.4) is 0 Å². The molecule has 6 nitrogen and oxygen atoms in total. The minimum atomic E-state index is -3.17. The monoisotopic (exact) mass is 261 g/mol. The molecule has 1 unspecified atom stereocenters. The minimum absolute atomic E-state index is 0.00662. The van der Waals surface area contributed by atoms with Crippen molar-refractivity contribution in [1.82, 2.24) is 14.5 Å². The molecule has 1 N–H and O–H groups in total. The lowest BCUT2D eigenvalue weighted by atomic mass is 10.2. The van der Waals surface area contributed by atoms with Gasteiger partial charge in [0, 0.05) is 32.2 Å². The summed E-state index contributed by atoms with van der Waals surface area (Å²) in [5.41, 5.74) is 0. The number of carbonyl (C=O) groups is 1. The first-order chi connectivity index (χ1) is 8.00. The standard InChI is InChI=1S/C10H19N3O3S/c1-9-7-11-3-5-13(9)10(14)8-12-4-2-6-17(12,15)16/h9,11H,2-8H2,1H3. The van der Waals surface area contributed by atoms with E-state index in [2.05, 4.69) is 5.32 Å².